The number of amides is 1. The Bertz CT molecular complexity index is 1380. The molecule has 0 atom stereocenters. The van der Waals surface area contributed by atoms with E-state index in [0.29, 0.717) is 16.4 Å². The smallest absolute Gasteiger partial charge is 0.265 e. The maximum Gasteiger partial charge on any atom is 0.265 e. The van der Waals surface area contributed by atoms with Crippen LogP contribution in [0, 0.1) is 0 Å². The zero-order valence-electron chi connectivity index (χ0n) is 17.1. The summed E-state index contributed by atoms with van der Waals surface area (Å²) in [5.41, 5.74) is 2.49. The number of hydrogen-bond acceptors (Lipinski definition) is 4. The highest BCUT2D eigenvalue weighted by Gasteiger charge is 2.21. The molecule has 1 aromatic heterocycles. The van der Waals surface area contributed by atoms with Gasteiger partial charge in [0.2, 0.25) is 5.91 Å². The standard InChI is InChI=1S/C23H20ClN3O4S/c1-31-21-11-10-18(13-22(21)32(29,30)27-17-8-6-16(24)7-9-17)26-23(28)12-15-14-25-20-5-3-2-4-19(15)20/h2-11,13-14,25,27H,12H2,1H3,(H,26,28). The van der Waals surface area contributed by atoms with Gasteiger partial charge in [-0.2, -0.15) is 0 Å². The Morgan fingerprint density at radius 2 is 1.75 bits per heavy atom. The molecule has 7 nitrogen and oxygen atoms in total. The van der Waals surface area contributed by atoms with Gasteiger partial charge in [0.25, 0.3) is 10.0 Å². The monoisotopic (exact) mass is 469 g/mol. The number of carbonyl (C=O) groups excluding carboxylic acids is 1. The first kappa shape index (κ1) is 21.7. The summed E-state index contributed by atoms with van der Waals surface area (Å²) in [4.78, 5) is 15.7. The summed E-state index contributed by atoms with van der Waals surface area (Å²) in [5.74, 6) is -0.116. The Morgan fingerprint density at radius 1 is 1.03 bits per heavy atom. The van der Waals surface area contributed by atoms with Crippen molar-refractivity contribution in [2.45, 2.75) is 11.3 Å². The van der Waals surface area contributed by atoms with Gasteiger partial charge in [0, 0.05) is 33.5 Å². The van der Waals surface area contributed by atoms with E-state index in [-0.39, 0.29) is 23.0 Å². The molecule has 0 spiro atoms. The van der Waals surface area contributed by atoms with Crippen LogP contribution in [0.4, 0.5) is 11.4 Å². The average Bonchev–Trinajstić information content (AvgIpc) is 3.18. The van der Waals surface area contributed by atoms with Gasteiger partial charge in [-0.1, -0.05) is 29.8 Å². The molecule has 1 heterocycles. The Morgan fingerprint density at radius 3 is 2.50 bits per heavy atom. The topological polar surface area (TPSA) is 100 Å². The molecule has 0 aliphatic carbocycles. The van der Waals surface area contributed by atoms with Crippen LogP contribution in [0.15, 0.2) is 77.8 Å². The summed E-state index contributed by atoms with van der Waals surface area (Å²) in [5, 5.41) is 4.22. The van der Waals surface area contributed by atoms with Crippen LogP contribution in [0.3, 0.4) is 0 Å². The molecular formula is C23H20ClN3O4S. The second-order valence-corrected chi connectivity index (χ2v) is 9.15. The molecule has 0 unspecified atom stereocenters. The molecule has 0 aliphatic heterocycles. The van der Waals surface area contributed by atoms with E-state index in [1.807, 2.05) is 24.3 Å². The largest absolute Gasteiger partial charge is 0.495 e. The van der Waals surface area contributed by atoms with Crippen LogP contribution in [-0.4, -0.2) is 26.4 Å². The molecule has 0 radical (unpaired) electrons. The van der Waals surface area contributed by atoms with Crippen molar-refractivity contribution >= 4 is 49.8 Å². The molecule has 0 aliphatic rings. The Hall–Kier alpha value is -3.49. The summed E-state index contributed by atoms with van der Waals surface area (Å²) >= 11 is 5.86. The van der Waals surface area contributed by atoms with Crippen molar-refractivity contribution in [3.63, 3.8) is 0 Å². The van der Waals surface area contributed by atoms with Gasteiger partial charge in [-0.25, -0.2) is 8.42 Å². The number of ether oxygens (including phenoxy) is 1. The van der Waals surface area contributed by atoms with E-state index < -0.39 is 10.0 Å². The number of methoxy groups -OCH3 is 1. The van der Waals surface area contributed by atoms with Crippen molar-refractivity contribution in [1.29, 1.82) is 0 Å². The van der Waals surface area contributed by atoms with E-state index in [9.17, 15) is 13.2 Å². The predicted octanol–water partition coefficient (Wildman–Crippen LogP) is 4.81. The maximum absolute atomic E-state index is 13.0. The summed E-state index contributed by atoms with van der Waals surface area (Å²) in [6, 6.07) is 18.4. The van der Waals surface area contributed by atoms with Crippen molar-refractivity contribution < 1.29 is 17.9 Å². The lowest BCUT2D eigenvalue weighted by molar-refractivity contribution is -0.115. The quantitative estimate of drug-likeness (QED) is 0.361. The summed E-state index contributed by atoms with van der Waals surface area (Å²) in [6.07, 6.45) is 1.94. The molecule has 3 N–H and O–H groups in total. The SMILES string of the molecule is COc1ccc(NC(=O)Cc2c[nH]c3ccccc23)cc1S(=O)(=O)Nc1ccc(Cl)cc1. The number of sulfonamides is 1. The minimum absolute atomic E-state index is 0.0974. The highest BCUT2D eigenvalue weighted by molar-refractivity contribution is 7.92. The van der Waals surface area contributed by atoms with Gasteiger partial charge >= 0.3 is 0 Å². The summed E-state index contributed by atoms with van der Waals surface area (Å²) < 4.78 is 33.6. The number of halogens is 1. The minimum atomic E-state index is -3.98. The van der Waals surface area contributed by atoms with Gasteiger partial charge < -0.3 is 15.0 Å². The number of benzene rings is 3. The fourth-order valence-electron chi connectivity index (χ4n) is 3.35. The van der Waals surface area contributed by atoms with Crippen molar-refractivity contribution in [2.75, 3.05) is 17.1 Å². The number of aromatic amines is 1. The molecule has 4 rings (SSSR count). The second kappa shape index (κ2) is 8.94. The number of fused-ring (bicyclic) bond motifs is 1. The normalized spacial score (nSPS) is 11.3. The molecule has 0 saturated carbocycles. The second-order valence-electron chi connectivity index (χ2n) is 7.06. The number of para-hydroxylation sites is 1. The van der Waals surface area contributed by atoms with E-state index in [2.05, 4.69) is 15.0 Å². The number of nitrogens with one attached hydrogen (secondary N) is 3. The van der Waals surface area contributed by atoms with Gasteiger partial charge in [-0.05, 0) is 54.1 Å². The lowest BCUT2D eigenvalue weighted by Gasteiger charge is -2.14. The Labute approximate surface area is 190 Å². The third-order valence-electron chi connectivity index (χ3n) is 4.86. The fourth-order valence-corrected chi connectivity index (χ4v) is 4.73. The first-order valence-electron chi connectivity index (χ1n) is 9.67. The van der Waals surface area contributed by atoms with Crippen LogP contribution in [0.5, 0.6) is 5.75 Å². The van der Waals surface area contributed by atoms with Gasteiger partial charge in [0.15, 0.2) is 0 Å². The molecular weight excluding hydrogens is 450 g/mol. The maximum atomic E-state index is 13.0. The highest BCUT2D eigenvalue weighted by atomic mass is 35.5. The molecule has 0 saturated heterocycles. The Kier molecular flexibility index (Phi) is 6.07. The predicted molar refractivity (Wildman–Crippen MR) is 126 cm³/mol. The highest BCUT2D eigenvalue weighted by Crippen LogP contribution is 2.29. The summed E-state index contributed by atoms with van der Waals surface area (Å²) in [6.45, 7) is 0. The average molecular weight is 470 g/mol. The molecule has 1 amide bonds. The van der Waals surface area contributed by atoms with E-state index in [1.54, 1.807) is 36.5 Å². The van der Waals surface area contributed by atoms with Crippen LogP contribution < -0.4 is 14.8 Å². The molecule has 9 heteroatoms. The molecule has 4 aromatic rings. The molecule has 32 heavy (non-hydrogen) atoms. The van der Waals surface area contributed by atoms with Crippen LogP contribution in [0.25, 0.3) is 10.9 Å². The van der Waals surface area contributed by atoms with Gasteiger partial charge in [0.05, 0.1) is 13.5 Å². The third kappa shape index (κ3) is 4.71. The number of carbonyl (C=O) groups is 1. The zero-order chi connectivity index (χ0) is 22.7. The van der Waals surface area contributed by atoms with E-state index in [0.717, 1.165) is 16.5 Å². The summed E-state index contributed by atoms with van der Waals surface area (Å²) in [7, 11) is -2.60. The molecule has 0 bridgehead atoms. The van der Waals surface area contributed by atoms with Gasteiger partial charge in [-0.15, -0.1) is 0 Å². The fraction of sp³-hybridized carbons (Fsp3) is 0.0870. The number of hydrogen-bond donors (Lipinski definition) is 3. The van der Waals surface area contributed by atoms with Crippen LogP contribution in [-0.2, 0) is 21.2 Å². The number of anilines is 2. The van der Waals surface area contributed by atoms with Crippen molar-refractivity contribution in [3.05, 3.63) is 83.5 Å². The lowest BCUT2D eigenvalue weighted by atomic mass is 10.1. The first-order valence-corrected chi connectivity index (χ1v) is 11.5. The third-order valence-corrected chi connectivity index (χ3v) is 6.51. The van der Waals surface area contributed by atoms with Crippen LogP contribution in [0.2, 0.25) is 5.02 Å². The van der Waals surface area contributed by atoms with Crippen LogP contribution in [0.1, 0.15) is 5.56 Å². The minimum Gasteiger partial charge on any atom is -0.495 e. The van der Waals surface area contributed by atoms with E-state index in [1.165, 1.54) is 19.2 Å². The first-order chi connectivity index (χ1) is 15.4. The van der Waals surface area contributed by atoms with E-state index >= 15 is 0 Å². The van der Waals surface area contributed by atoms with Gasteiger partial charge in [0.1, 0.15) is 10.6 Å². The number of H-pyrrole nitrogens is 1. The van der Waals surface area contributed by atoms with Gasteiger partial charge in [-0.3, -0.25) is 9.52 Å². The van der Waals surface area contributed by atoms with Crippen molar-refractivity contribution in [3.8, 4) is 5.75 Å². The van der Waals surface area contributed by atoms with Crippen LogP contribution >= 0.6 is 11.6 Å². The lowest BCUT2D eigenvalue weighted by Crippen LogP contribution is -2.17. The van der Waals surface area contributed by atoms with Crippen molar-refractivity contribution in [1.82, 2.24) is 4.98 Å². The molecule has 3 aromatic carbocycles. The number of aromatic nitrogens is 1. The van der Waals surface area contributed by atoms with E-state index in [4.69, 9.17) is 16.3 Å². The molecule has 164 valence electrons. The number of rotatable bonds is 7. The Balaban J connectivity index is 1.55. The molecule has 0 fully saturated rings. The zero-order valence-corrected chi connectivity index (χ0v) is 18.6. The van der Waals surface area contributed by atoms with Crippen molar-refractivity contribution in [2.24, 2.45) is 0 Å².